The smallest absolute Gasteiger partial charge is 0.259 e. The minimum atomic E-state index is 0.0189. The summed E-state index contributed by atoms with van der Waals surface area (Å²) in [5, 5.41) is 6.67. The van der Waals surface area contributed by atoms with Gasteiger partial charge in [-0.3, -0.25) is 14.8 Å². The van der Waals surface area contributed by atoms with Gasteiger partial charge in [0.2, 0.25) is 0 Å². The molecule has 0 spiro atoms. The van der Waals surface area contributed by atoms with Gasteiger partial charge in [0.1, 0.15) is 5.56 Å². The predicted octanol–water partition coefficient (Wildman–Crippen LogP) is 0.611. The number of amides is 1. The fraction of sp³-hybridized carbons (Fsp3) is 0.692. The second-order valence-electron chi connectivity index (χ2n) is 5.55. The molecule has 1 atom stereocenters. The molecule has 1 aromatic heterocycles. The Bertz CT molecular complexity index is 458. The molecule has 6 heteroatoms. The van der Waals surface area contributed by atoms with Crippen LogP contribution in [0.4, 0.5) is 5.82 Å². The highest BCUT2D eigenvalue weighted by molar-refractivity contribution is 5.99. The number of aromatic amines is 1. The van der Waals surface area contributed by atoms with E-state index in [9.17, 15) is 4.79 Å². The molecule has 2 aliphatic heterocycles. The van der Waals surface area contributed by atoms with Gasteiger partial charge in [-0.15, -0.1) is 0 Å². The molecule has 1 aromatic rings. The molecule has 3 rings (SSSR count). The second kappa shape index (κ2) is 4.85. The van der Waals surface area contributed by atoms with E-state index in [-0.39, 0.29) is 5.91 Å². The first kappa shape index (κ1) is 12.5. The van der Waals surface area contributed by atoms with Crippen LogP contribution in [-0.2, 0) is 0 Å². The Labute approximate surface area is 112 Å². The van der Waals surface area contributed by atoms with Gasteiger partial charge in [0.25, 0.3) is 5.91 Å². The largest absolute Gasteiger partial charge is 0.382 e. The zero-order valence-electron chi connectivity index (χ0n) is 11.4. The van der Waals surface area contributed by atoms with Crippen molar-refractivity contribution in [3.05, 3.63) is 11.3 Å². The van der Waals surface area contributed by atoms with E-state index in [1.807, 2.05) is 11.8 Å². The van der Waals surface area contributed by atoms with Gasteiger partial charge in [0.15, 0.2) is 5.82 Å². The zero-order valence-corrected chi connectivity index (χ0v) is 11.4. The third kappa shape index (κ3) is 2.20. The molecule has 19 heavy (non-hydrogen) atoms. The molecule has 3 heterocycles. The summed E-state index contributed by atoms with van der Waals surface area (Å²) in [6.07, 6.45) is 3.65. The van der Waals surface area contributed by atoms with Crippen LogP contribution in [0.25, 0.3) is 0 Å². The molecule has 104 valence electrons. The monoisotopic (exact) mass is 263 g/mol. The van der Waals surface area contributed by atoms with Crippen molar-refractivity contribution in [1.29, 1.82) is 0 Å². The summed E-state index contributed by atoms with van der Waals surface area (Å²) in [6.45, 7) is 5.84. The molecule has 0 aromatic carbocycles. The number of carbonyl (C=O) groups is 1. The number of nitrogens with zero attached hydrogens (tertiary/aromatic N) is 3. The van der Waals surface area contributed by atoms with Crippen molar-refractivity contribution in [2.75, 3.05) is 31.9 Å². The van der Waals surface area contributed by atoms with Crippen molar-refractivity contribution < 1.29 is 4.79 Å². The Morgan fingerprint density at radius 1 is 1.37 bits per heavy atom. The lowest BCUT2D eigenvalue weighted by Crippen LogP contribution is -2.37. The average Bonchev–Trinajstić information content (AvgIpc) is 3.09. The van der Waals surface area contributed by atoms with Gasteiger partial charge in [-0.1, -0.05) is 0 Å². The SMILES string of the molecule is Cc1[nH]nc(N)c1C(=O)N1CCC(N2CCCC2)C1. The van der Waals surface area contributed by atoms with Crippen LogP contribution in [0.15, 0.2) is 0 Å². The van der Waals surface area contributed by atoms with E-state index in [0.29, 0.717) is 17.4 Å². The Morgan fingerprint density at radius 2 is 2.11 bits per heavy atom. The van der Waals surface area contributed by atoms with E-state index in [0.717, 1.165) is 25.2 Å². The van der Waals surface area contributed by atoms with E-state index in [2.05, 4.69) is 15.1 Å². The summed E-state index contributed by atoms with van der Waals surface area (Å²) in [6, 6.07) is 0.528. The van der Waals surface area contributed by atoms with Gasteiger partial charge >= 0.3 is 0 Å². The van der Waals surface area contributed by atoms with Gasteiger partial charge in [-0.05, 0) is 39.3 Å². The van der Waals surface area contributed by atoms with Crippen LogP contribution in [-0.4, -0.2) is 58.1 Å². The maximum Gasteiger partial charge on any atom is 0.259 e. The van der Waals surface area contributed by atoms with Crippen molar-refractivity contribution in [1.82, 2.24) is 20.0 Å². The number of nitrogens with two attached hydrogens (primary N) is 1. The van der Waals surface area contributed by atoms with E-state index < -0.39 is 0 Å². The van der Waals surface area contributed by atoms with E-state index in [1.54, 1.807) is 0 Å². The molecule has 0 bridgehead atoms. The first-order valence-electron chi connectivity index (χ1n) is 7.00. The third-order valence-electron chi connectivity index (χ3n) is 4.30. The Balaban J connectivity index is 1.69. The van der Waals surface area contributed by atoms with Crippen molar-refractivity contribution in [3.8, 4) is 0 Å². The number of aryl methyl sites for hydroxylation is 1. The third-order valence-corrected chi connectivity index (χ3v) is 4.30. The second-order valence-corrected chi connectivity index (χ2v) is 5.55. The number of nitrogens with one attached hydrogen (secondary N) is 1. The maximum atomic E-state index is 12.5. The minimum absolute atomic E-state index is 0.0189. The quantitative estimate of drug-likeness (QED) is 0.819. The van der Waals surface area contributed by atoms with Crippen LogP contribution in [0.2, 0.25) is 0 Å². The predicted molar refractivity (Wildman–Crippen MR) is 72.9 cm³/mol. The molecule has 2 aliphatic rings. The summed E-state index contributed by atoms with van der Waals surface area (Å²) < 4.78 is 0. The van der Waals surface area contributed by atoms with Gasteiger partial charge in [-0.2, -0.15) is 5.10 Å². The van der Waals surface area contributed by atoms with Crippen LogP contribution in [0.3, 0.4) is 0 Å². The number of anilines is 1. The summed E-state index contributed by atoms with van der Waals surface area (Å²) in [5.41, 5.74) is 7.07. The van der Waals surface area contributed by atoms with Gasteiger partial charge in [0.05, 0.1) is 0 Å². The summed E-state index contributed by atoms with van der Waals surface area (Å²) in [5.74, 6) is 0.331. The van der Waals surface area contributed by atoms with Crippen molar-refractivity contribution in [3.63, 3.8) is 0 Å². The Morgan fingerprint density at radius 3 is 2.74 bits per heavy atom. The highest BCUT2D eigenvalue weighted by Crippen LogP contribution is 2.23. The first-order valence-corrected chi connectivity index (χ1v) is 7.00. The molecule has 6 nitrogen and oxygen atoms in total. The van der Waals surface area contributed by atoms with Crippen LogP contribution < -0.4 is 5.73 Å². The topological polar surface area (TPSA) is 78.2 Å². The maximum absolute atomic E-state index is 12.5. The lowest BCUT2D eigenvalue weighted by Gasteiger charge is -2.23. The molecular formula is C13H21N5O. The van der Waals surface area contributed by atoms with Crippen molar-refractivity contribution in [2.45, 2.75) is 32.2 Å². The van der Waals surface area contributed by atoms with Gasteiger partial charge in [0, 0.05) is 24.8 Å². The number of likely N-dealkylation sites (tertiary alicyclic amines) is 2. The minimum Gasteiger partial charge on any atom is -0.382 e. The van der Waals surface area contributed by atoms with E-state index in [1.165, 1.54) is 25.9 Å². The fourth-order valence-corrected chi connectivity index (χ4v) is 3.21. The molecule has 0 aliphatic carbocycles. The molecule has 2 saturated heterocycles. The summed E-state index contributed by atoms with van der Waals surface area (Å²) in [4.78, 5) is 16.9. The van der Waals surface area contributed by atoms with Gasteiger partial charge < -0.3 is 10.6 Å². The van der Waals surface area contributed by atoms with Gasteiger partial charge in [-0.25, -0.2) is 0 Å². The highest BCUT2D eigenvalue weighted by atomic mass is 16.2. The highest BCUT2D eigenvalue weighted by Gasteiger charge is 2.33. The normalized spacial score (nSPS) is 24.3. The number of carbonyl (C=O) groups excluding carboxylic acids is 1. The van der Waals surface area contributed by atoms with Crippen molar-refractivity contribution >= 4 is 11.7 Å². The number of nitrogen functional groups attached to an aromatic ring is 1. The number of hydrogen-bond donors (Lipinski definition) is 2. The van der Waals surface area contributed by atoms with Crippen LogP contribution in [0.1, 0.15) is 35.3 Å². The zero-order chi connectivity index (χ0) is 13.4. The molecule has 0 saturated carbocycles. The van der Waals surface area contributed by atoms with Crippen LogP contribution >= 0.6 is 0 Å². The Hall–Kier alpha value is -1.56. The van der Waals surface area contributed by atoms with E-state index >= 15 is 0 Å². The number of rotatable bonds is 2. The fourth-order valence-electron chi connectivity index (χ4n) is 3.21. The van der Waals surface area contributed by atoms with Crippen LogP contribution in [0, 0.1) is 6.92 Å². The molecule has 1 unspecified atom stereocenters. The standard InChI is InChI=1S/C13H21N5O/c1-9-11(12(14)16-15-9)13(19)18-7-4-10(8-18)17-5-2-3-6-17/h10H,2-8H2,1H3,(H3,14,15,16). The summed E-state index contributed by atoms with van der Waals surface area (Å²) in [7, 11) is 0. The lowest BCUT2D eigenvalue weighted by atomic mass is 10.2. The van der Waals surface area contributed by atoms with Crippen molar-refractivity contribution in [2.24, 2.45) is 0 Å². The number of H-pyrrole nitrogens is 1. The molecule has 0 radical (unpaired) electrons. The molecule has 1 amide bonds. The van der Waals surface area contributed by atoms with Crippen LogP contribution in [0.5, 0.6) is 0 Å². The molecule has 2 fully saturated rings. The number of hydrogen-bond acceptors (Lipinski definition) is 4. The average molecular weight is 263 g/mol. The first-order chi connectivity index (χ1) is 9.16. The summed E-state index contributed by atoms with van der Waals surface area (Å²) >= 11 is 0. The lowest BCUT2D eigenvalue weighted by molar-refractivity contribution is 0.0780. The Kier molecular flexibility index (Phi) is 3.18. The molecule has 3 N–H and O–H groups in total. The number of aromatic nitrogens is 2. The molecular weight excluding hydrogens is 242 g/mol. The van der Waals surface area contributed by atoms with E-state index in [4.69, 9.17) is 5.73 Å².